The quantitative estimate of drug-likeness (QED) is 0.617. The lowest BCUT2D eigenvalue weighted by atomic mass is 10.1. The molecule has 0 radical (unpaired) electrons. The van der Waals surface area contributed by atoms with Gasteiger partial charge in [-0.25, -0.2) is 0 Å². The van der Waals surface area contributed by atoms with Gasteiger partial charge in [-0.2, -0.15) is 0 Å². The van der Waals surface area contributed by atoms with Crippen LogP contribution < -0.4 is 14.8 Å². The van der Waals surface area contributed by atoms with Gasteiger partial charge in [-0.05, 0) is 56.2 Å². The Morgan fingerprint density at radius 1 is 1.15 bits per heavy atom. The van der Waals surface area contributed by atoms with Crippen LogP contribution in [0.4, 0.5) is 0 Å². The number of carbonyl (C=O) groups is 1. The zero-order chi connectivity index (χ0) is 19.8. The minimum atomic E-state index is -0.119. The third kappa shape index (κ3) is 7.00. The molecule has 6 heteroatoms. The van der Waals surface area contributed by atoms with Gasteiger partial charge in [0.25, 0.3) is 0 Å². The SMILES string of the molecule is COc1cc(C(C)NC(=O)CSCc2cccc(Cl)c2)ccc1OC(C)C. The molecule has 0 aromatic heterocycles. The first kappa shape index (κ1) is 21.5. The molecule has 2 rings (SSSR count). The van der Waals surface area contributed by atoms with E-state index in [-0.39, 0.29) is 18.1 Å². The van der Waals surface area contributed by atoms with Crippen molar-refractivity contribution in [3.05, 3.63) is 58.6 Å². The average Bonchev–Trinajstić information content (AvgIpc) is 2.61. The van der Waals surface area contributed by atoms with Crippen LogP contribution in [0.15, 0.2) is 42.5 Å². The molecule has 0 heterocycles. The maximum Gasteiger partial charge on any atom is 0.230 e. The molecule has 4 nitrogen and oxygen atoms in total. The summed E-state index contributed by atoms with van der Waals surface area (Å²) in [5, 5.41) is 3.74. The Hall–Kier alpha value is -1.85. The molecule has 146 valence electrons. The van der Waals surface area contributed by atoms with E-state index >= 15 is 0 Å². The normalized spacial score (nSPS) is 11.9. The number of ether oxygens (including phenoxy) is 2. The average molecular weight is 408 g/mol. The number of carbonyl (C=O) groups excluding carboxylic acids is 1. The lowest BCUT2D eigenvalue weighted by Gasteiger charge is -2.18. The van der Waals surface area contributed by atoms with Gasteiger partial charge in [0, 0.05) is 10.8 Å². The van der Waals surface area contributed by atoms with Gasteiger partial charge in [0.1, 0.15) is 0 Å². The van der Waals surface area contributed by atoms with Crippen molar-refractivity contribution in [3.8, 4) is 11.5 Å². The van der Waals surface area contributed by atoms with Crippen LogP contribution in [0.5, 0.6) is 11.5 Å². The Balaban J connectivity index is 1.88. The molecule has 0 fully saturated rings. The molecule has 0 aliphatic heterocycles. The lowest BCUT2D eigenvalue weighted by Crippen LogP contribution is -2.28. The maximum absolute atomic E-state index is 12.2. The fourth-order valence-electron chi connectivity index (χ4n) is 2.56. The second kappa shape index (κ2) is 10.5. The highest BCUT2D eigenvalue weighted by Gasteiger charge is 2.14. The molecule has 27 heavy (non-hydrogen) atoms. The molecule has 1 unspecified atom stereocenters. The van der Waals surface area contributed by atoms with Gasteiger partial charge in [-0.1, -0.05) is 29.8 Å². The van der Waals surface area contributed by atoms with Crippen molar-refractivity contribution < 1.29 is 14.3 Å². The Labute approximate surface area is 170 Å². The number of rotatable bonds is 9. The topological polar surface area (TPSA) is 47.6 Å². The third-order valence-corrected chi connectivity index (χ3v) is 5.06. The molecule has 0 saturated heterocycles. The Kier molecular flexibility index (Phi) is 8.32. The number of thioether (sulfide) groups is 1. The Morgan fingerprint density at radius 2 is 1.93 bits per heavy atom. The third-order valence-electron chi connectivity index (χ3n) is 3.82. The van der Waals surface area contributed by atoms with E-state index in [2.05, 4.69) is 5.32 Å². The summed E-state index contributed by atoms with van der Waals surface area (Å²) in [6.07, 6.45) is 0.0680. The largest absolute Gasteiger partial charge is 0.493 e. The molecule has 0 spiro atoms. The highest BCUT2D eigenvalue weighted by Crippen LogP contribution is 2.31. The fraction of sp³-hybridized carbons (Fsp3) is 0.381. The van der Waals surface area contributed by atoms with E-state index in [0.29, 0.717) is 22.3 Å². The highest BCUT2D eigenvalue weighted by atomic mass is 35.5. The van der Waals surface area contributed by atoms with E-state index in [9.17, 15) is 4.79 Å². The number of amides is 1. The van der Waals surface area contributed by atoms with Crippen LogP contribution in [-0.2, 0) is 10.5 Å². The first-order valence-electron chi connectivity index (χ1n) is 8.85. The molecule has 0 bridgehead atoms. The van der Waals surface area contributed by atoms with Gasteiger partial charge in [0.05, 0.1) is 25.0 Å². The molecule has 1 atom stereocenters. The molecule has 0 aliphatic carbocycles. The summed E-state index contributed by atoms with van der Waals surface area (Å²) in [4.78, 5) is 12.2. The highest BCUT2D eigenvalue weighted by molar-refractivity contribution is 7.99. The van der Waals surface area contributed by atoms with E-state index in [4.69, 9.17) is 21.1 Å². The molecule has 0 saturated carbocycles. The van der Waals surface area contributed by atoms with Gasteiger partial charge < -0.3 is 14.8 Å². The smallest absolute Gasteiger partial charge is 0.230 e. The summed E-state index contributed by atoms with van der Waals surface area (Å²) >= 11 is 7.54. The van der Waals surface area contributed by atoms with Crippen molar-refractivity contribution in [3.63, 3.8) is 0 Å². The summed E-state index contributed by atoms with van der Waals surface area (Å²) in [7, 11) is 1.61. The number of hydrogen-bond donors (Lipinski definition) is 1. The number of halogens is 1. The summed E-state index contributed by atoms with van der Waals surface area (Å²) in [6.45, 7) is 5.89. The van der Waals surface area contributed by atoms with Crippen molar-refractivity contribution >= 4 is 29.3 Å². The second-order valence-electron chi connectivity index (χ2n) is 6.49. The Bertz CT molecular complexity index is 767. The molecule has 0 aliphatic rings. The predicted molar refractivity (Wildman–Crippen MR) is 113 cm³/mol. The van der Waals surface area contributed by atoms with E-state index in [1.54, 1.807) is 18.9 Å². The standard InChI is InChI=1S/C21H26ClNO3S/c1-14(2)26-19-9-8-17(11-20(19)25-4)15(3)23-21(24)13-27-12-16-6-5-7-18(22)10-16/h5-11,14-15H,12-13H2,1-4H3,(H,23,24). The molecule has 2 aromatic carbocycles. The van der Waals surface area contributed by atoms with Crippen LogP contribution in [0, 0.1) is 0 Å². The molecular formula is C21H26ClNO3S. The molecular weight excluding hydrogens is 382 g/mol. The first-order valence-corrected chi connectivity index (χ1v) is 10.4. The van der Waals surface area contributed by atoms with Gasteiger partial charge in [-0.15, -0.1) is 11.8 Å². The van der Waals surface area contributed by atoms with Crippen molar-refractivity contribution in [2.24, 2.45) is 0 Å². The Morgan fingerprint density at radius 3 is 2.59 bits per heavy atom. The maximum atomic E-state index is 12.2. The fourth-order valence-corrected chi connectivity index (χ4v) is 3.56. The minimum Gasteiger partial charge on any atom is -0.493 e. The van der Waals surface area contributed by atoms with E-state index in [1.165, 1.54) is 0 Å². The van der Waals surface area contributed by atoms with Gasteiger partial charge in [0.15, 0.2) is 11.5 Å². The van der Waals surface area contributed by atoms with Crippen LogP contribution in [0.25, 0.3) is 0 Å². The summed E-state index contributed by atoms with van der Waals surface area (Å²) in [6, 6.07) is 13.3. The lowest BCUT2D eigenvalue weighted by molar-refractivity contribution is -0.119. The van der Waals surface area contributed by atoms with E-state index < -0.39 is 0 Å². The zero-order valence-electron chi connectivity index (χ0n) is 16.1. The van der Waals surface area contributed by atoms with Crippen molar-refractivity contribution in [1.29, 1.82) is 0 Å². The summed E-state index contributed by atoms with van der Waals surface area (Å²) < 4.78 is 11.1. The van der Waals surface area contributed by atoms with Gasteiger partial charge in [0.2, 0.25) is 5.91 Å². The number of hydrogen-bond acceptors (Lipinski definition) is 4. The van der Waals surface area contributed by atoms with Crippen LogP contribution in [0.3, 0.4) is 0 Å². The minimum absolute atomic E-state index is 0.00370. The monoisotopic (exact) mass is 407 g/mol. The second-order valence-corrected chi connectivity index (χ2v) is 7.91. The number of benzene rings is 2. The van der Waals surface area contributed by atoms with Crippen LogP contribution in [0.2, 0.25) is 5.02 Å². The first-order chi connectivity index (χ1) is 12.9. The number of methoxy groups -OCH3 is 1. The van der Waals surface area contributed by atoms with Crippen LogP contribution in [-0.4, -0.2) is 24.9 Å². The van der Waals surface area contributed by atoms with E-state index in [1.807, 2.05) is 63.2 Å². The van der Waals surface area contributed by atoms with Crippen LogP contribution >= 0.6 is 23.4 Å². The van der Waals surface area contributed by atoms with E-state index in [0.717, 1.165) is 16.9 Å². The molecule has 1 N–H and O–H groups in total. The number of nitrogens with one attached hydrogen (secondary N) is 1. The summed E-state index contributed by atoms with van der Waals surface area (Å²) in [5.74, 6) is 2.50. The van der Waals surface area contributed by atoms with Crippen molar-refractivity contribution in [1.82, 2.24) is 5.32 Å². The summed E-state index contributed by atoms with van der Waals surface area (Å²) in [5.41, 5.74) is 2.08. The van der Waals surface area contributed by atoms with Crippen molar-refractivity contribution in [2.75, 3.05) is 12.9 Å². The van der Waals surface area contributed by atoms with Crippen molar-refractivity contribution in [2.45, 2.75) is 38.7 Å². The van der Waals surface area contributed by atoms with Gasteiger partial charge >= 0.3 is 0 Å². The van der Waals surface area contributed by atoms with Gasteiger partial charge in [-0.3, -0.25) is 4.79 Å². The molecule has 1 amide bonds. The van der Waals surface area contributed by atoms with Crippen LogP contribution in [0.1, 0.15) is 37.9 Å². The predicted octanol–water partition coefficient (Wildman–Crippen LogP) is 5.25. The zero-order valence-corrected chi connectivity index (χ0v) is 17.7. The molecule has 2 aromatic rings.